The molecule has 5 nitrogen and oxygen atoms in total. The number of hydrogen-bond acceptors (Lipinski definition) is 4. The first-order chi connectivity index (χ1) is 15.2. The summed E-state index contributed by atoms with van der Waals surface area (Å²) in [5, 5.41) is 8.25. The molecule has 0 aliphatic carbocycles. The molecule has 0 aliphatic heterocycles. The van der Waals surface area contributed by atoms with Crippen LogP contribution < -0.4 is 16.4 Å². The van der Waals surface area contributed by atoms with Gasteiger partial charge in [-0.15, -0.1) is 11.3 Å². The molecule has 0 bridgehead atoms. The lowest BCUT2D eigenvalue weighted by Crippen LogP contribution is -2.22. The zero-order valence-electron chi connectivity index (χ0n) is 16.8. The molecule has 4 aromatic rings. The second kappa shape index (κ2) is 9.73. The maximum absolute atomic E-state index is 12.5. The Balaban J connectivity index is 1.32. The van der Waals surface area contributed by atoms with Gasteiger partial charge in [0.2, 0.25) is 0 Å². The molecule has 3 aromatic carbocycles. The fourth-order valence-corrected chi connectivity index (χ4v) is 3.61. The molecule has 0 saturated carbocycles. The third-order valence-corrected chi connectivity index (χ3v) is 5.51. The molecule has 1 heterocycles. The summed E-state index contributed by atoms with van der Waals surface area (Å²) in [5.74, 6) is 0.339. The number of aliphatic imine (C=N–C) groups is 1. The van der Waals surface area contributed by atoms with Gasteiger partial charge in [0.1, 0.15) is 5.84 Å². The number of anilines is 2. The molecule has 6 heteroatoms. The number of nitrogens with one attached hydrogen (secondary N) is 2. The van der Waals surface area contributed by atoms with E-state index in [1.54, 1.807) is 24.3 Å². The maximum atomic E-state index is 12.5. The normalized spacial score (nSPS) is 11.2. The molecule has 4 N–H and O–H groups in total. The van der Waals surface area contributed by atoms with Crippen LogP contribution in [0.5, 0.6) is 0 Å². The number of para-hydroxylation sites is 1. The van der Waals surface area contributed by atoms with Crippen LogP contribution in [0.4, 0.5) is 17.1 Å². The van der Waals surface area contributed by atoms with Crippen molar-refractivity contribution in [3.63, 3.8) is 0 Å². The van der Waals surface area contributed by atoms with E-state index < -0.39 is 0 Å². The van der Waals surface area contributed by atoms with Gasteiger partial charge in [0.05, 0.1) is 10.6 Å². The summed E-state index contributed by atoms with van der Waals surface area (Å²) in [6.07, 6.45) is 0. The van der Waals surface area contributed by atoms with Gasteiger partial charge in [-0.1, -0.05) is 36.4 Å². The minimum atomic E-state index is -0.131. The average Bonchev–Trinajstić information content (AvgIpc) is 3.35. The van der Waals surface area contributed by atoms with Crippen molar-refractivity contribution in [2.24, 2.45) is 10.7 Å². The highest BCUT2D eigenvalue weighted by atomic mass is 32.1. The van der Waals surface area contributed by atoms with E-state index in [1.807, 2.05) is 72.1 Å². The SMILES string of the molecule is NC(=Nc1ccc(C(=O)NCc2ccc(Nc3ccccc3)cc2)cc1)c1cccs1. The summed E-state index contributed by atoms with van der Waals surface area (Å²) >= 11 is 1.54. The van der Waals surface area contributed by atoms with Crippen LogP contribution in [0, 0.1) is 0 Å². The zero-order valence-corrected chi connectivity index (χ0v) is 17.6. The number of benzene rings is 3. The average molecular weight is 427 g/mol. The monoisotopic (exact) mass is 426 g/mol. The van der Waals surface area contributed by atoms with Gasteiger partial charge >= 0.3 is 0 Å². The zero-order chi connectivity index (χ0) is 21.5. The number of hydrogen-bond donors (Lipinski definition) is 3. The number of amidine groups is 1. The van der Waals surface area contributed by atoms with Gasteiger partial charge in [-0.3, -0.25) is 4.79 Å². The van der Waals surface area contributed by atoms with Crippen LogP contribution in [0.25, 0.3) is 0 Å². The first kappa shape index (κ1) is 20.4. The smallest absolute Gasteiger partial charge is 0.251 e. The molecule has 154 valence electrons. The molecule has 31 heavy (non-hydrogen) atoms. The number of nitrogens with zero attached hydrogens (tertiary/aromatic N) is 1. The number of rotatable bonds is 7. The van der Waals surface area contributed by atoms with Crippen molar-refractivity contribution in [1.29, 1.82) is 0 Å². The van der Waals surface area contributed by atoms with Crippen LogP contribution in [-0.2, 0) is 6.54 Å². The predicted molar refractivity (Wildman–Crippen MR) is 128 cm³/mol. The van der Waals surface area contributed by atoms with E-state index in [1.165, 1.54) is 11.3 Å². The summed E-state index contributed by atoms with van der Waals surface area (Å²) < 4.78 is 0. The van der Waals surface area contributed by atoms with E-state index in [9.17, 15) is 4.79 Å². The Kier molecular flexibility index (Phi) is 6.40. The van der Waals surface area contributed by atoms with Crippen LogP contribution in [0.15, 0.2) is 101 Å². The fourth-order valence-electron chi connectivity index (χ4n) is 2.98. The number of nitrogens with two attached hydrogens (primary N) is 1. The van der Waals surface area contributed by atoms with Gasteiger partial charge < -0.3 is 16.4 Å². The van der Waals surface area contributed by atoms with Crippen molar-refractivity contribution >= 4 is 40.1 Å². The van der Waals surface area contributed by atoms with E-state index in [0.717, 1.165) is 21.8 Å². The van der Waals surface area contributed by atoms with Crippen LogP contribution in [0.2, 0.25) is 0 Å². The van der Waals surface area contributed by atoms with Gasteiger partial charge in [-0.25, -0.2) is 4.99 Å². The van der Waals surface area contributed by atoms with Crippen LogP contribution in [-0.4, -0.2) is 11.7 Å². The Bertz CT molecular complexity index is 1150. The first-order valence-electron chi connectivity index (χ1n) is 9.85. The third kappa shape index (κ3) is 5.58. The van der Waals surface area contributed by atoms with Crippen molar-refractivity contribution in [3.8, 4) is 0 Å². The highest BCUT2D eigenvalue weighted by Crippen LogP contribution is 2.18. The molecule has 0 saturated heterocycles. The minimum Gasteiger partial charge on any atom is -0.383 e. The molecule has 4 rings (SSSR count). The Labute approximate surface area is 185 Å². The highest BCUT2D eigenvalue weighted by molar-refractivity contribution is 7.12. The standard InChI is InChI=1S/C25H22N4OS/c26-24(23-7-4-16-31-23)29-22-14-10-19(11-15-22)25(30)27-17-18-8-12-21(13-9-18)28-20-5-2-1-3-6-20/h1-16,28H,17H2,(H2,26,29)(H,27,30). The number of thiophene rings is 1. The largest absolute Gasteiger partial charge is 0.383 e. The molecule has 1 aromatic heterocycles. The van der Waals surface area contributed by atoms with Crippen molar-refractivity contribution in [1.82, 2.24) is 5.32 Å². The molecule has 0 aliphatic rings. The summed E-state index contributed by atoms with van der Waals surface area (Å²) in [6, 6.07) is 28.9. The van der Waals surface area contributed by atoms with Crippen LogP contribution in [0.3, 0.4) is 0 Å². The Morgan fingerprint density at radius 1 is 0.839 bits per heavy atom. The van der Waals surface area contributed by atoms with Crippen molar-refractivity contribution in [2.45, 2.75) is 6.54 Å². The Morgan fingerprint density at radius 3 is 2.23 bits per heavy atom. The predicted octanol–water partition coefficient (Wildman–Crippen LogP) is 5.46. The van der Waals surface area contributed by atoms with E-state index in [2.05, 4.69) is 15.6 Å². The Hall–Kier alpha value is -3.90. The minimum absolute atomic E-state index is 0.131. The summed E-state index contributed by atoms with van der Waals surface area (Å²) in [4.78, 5) is 17.8. The fraction of sp³-hybridized carbons (Fsp3) is 0.0400. The van der Waals surface area contributed by atoms with E-state index in [4.69, 9.17) is 5.73 Å². The second-order valence-electron chi connectivity index (χ2n) is 6.89. The number of carbonyl (C=O) groups excluding carboxylic acids is 1. The molecule has 0 fully saturated rings. The quantitative estimate of drug-likeness (QED) is 0.271. The second-order valence-corrected chi connectivity index (χ2v) is 7.84. The number of amides is 1. The van der Waals surface area contributed by atoms with E-state index in [0.29, 0.717) is 23.6 Å². The van der Waals surface area contributed by atoms with Gasteiger partial charge in [-0.2, -0.15) is 0 Å². The van der Waals surface area contributed by atoms with Crippen molar-refractivity contribution in [2.75, 3.05) is 5.32 Å². The lowest BCUT2D eigenvalue weighted by Gasteiger charge is -2.09. The van der Waals surface area contributed by atoms with Crippen molar-refractivity contribution in [3.05, 3.63) is 112 Å². The summed E-state index contributed by atoms with van der Waals surface area (Å²) in [5.41, 5.74) is 10.4. The van der Waals surface area contributed by atoms with Gasteiger partial charge in [0.15, 0.2) is 0 Å². The first-order valence-corrected chi connectivity index (χ1v) is 10.7. The van der Waals surface area contributed by atoms with Gasteiger partial charge in [0.25, 0.3) is 5.91 Å². The molecule has 0 spiro atoms. The van der Waals surface area contributed by atoms with E-state index in [-0.39, 0.29) is 5.91 Å². The number of carbonyl (C=O) groups is 1. The van der Waals surface area contributed by atoms with Gasteiger partial charge in [0, 0.05) is 23.5 Å². The summed E-state index contributed by atoms with van der Waals surface area (Å²) in [7, 11) is 0. The maximum Gasteiger partial charge on any atom is 0.251 e. The van der Waals surface area contributed by atoms with Crippen LogP contribution >= 0.6 is 11.3 Å². The summed E-state index contributed by atoms with van der Waals surface area (Å²) in [6.45, 7) is 0.454. The lowest BCUT2D eigenvalue weighted by atomic mass is 10.1. The lowest BCUT2D eigenvalue weighted by molar-refractivity contribution is 0.0951. The van der Waals surface area contributed by atoms with Crippen molar-refractivity contribution < 1.29 is 4.79 Å². The molecule has 0 unspecified atom stereocenters. The topological polar surface area (TPSA) is 79.5 Å². The van der Waals surface area contributed by atoms with E-state index >= 15 is 0 Å². The molecule has 0 atom stereocenters. The molecular weight excluding hydrogens is 404 g/mol. The van der Waals surface area contributed by atoms with Gasteiger partial charge in [-0.05, 0) is 65.5 Å². The molecule has 1 amide bonds. The van der Waals surface area contributed by atoms with Crippen LogP contribution in [0.1, 0.15) is 20.8 Å². The molecular formula is C25H22N4OS. The third-order valence-electron chi connectivity index (χ3n) is 4.62. The Morgan fingerprint density at radius 2 is 1.55 bits per heavy atom. The highest BCUT2D eigenvalue weighted by Gasteiger charge is 2.06. The molecule has 0 radical (unpaired) electrons.